The number of hydrogen-bond acceptors (Lipinski definition) is 5. The average molecular weight is 461 g/mol. The topological polar surface area (TPSA) is 84.9 Å². The molecule has 1 N–H and O–H groups in total. The number of nitrogens with one attached hydrogen (secondary N) is 1. The van der Waals surface area contributed by atoms with Gasteiger partial charge in [0, 0.05) is 13.0 Å². The van der Waals surface area contributed by atoms with Crippen molar-refractivity contribution in [2.45, 2.75) is 38.0 Å². The molecule has 0 aromatic heterocycles. The van der Waals surface area contributed by atoms with Crippen molar-refractivity contribution in [3.05, 3.63) is 83.9 Å². The summed E-state index contributed by atoms with van der Waals surface area (Å²) in [5.41, 5.74) is 1.78. The molecule has 1 saturated heterocycles. The third-order valence-corrected chi connectivity index (χ3v) is 6.05. The number of nitrogens with zero attached hydrogens (tertiary/aromatic N) is 1. The molecule has 7 nitrogen and oxygen atoms in total. The van der Waals surface area contributed by atoms with Crippen molar-refractivity contribution >= 4 is 28.7 Å². The average Bonchev–Trinajstić information content (AvgIpc) is 3.37. The molecule has 176 valence electrons. The second-order valence-electron chi connectivity index (χ2n) is 8.36. The van der Waals surface area contributed by atoms with Crippen LogP contribution in [0.4, 0.5) is 4.79 Å². The zero-order valence-electron chi connectivity index (χ0n) is 19.1. The van der Waals surface area contributed by atoms with Crippen molar-refractivity contribution in [3.8, 4) is 0 Å². The van der Waals surface area contributed by atoms with E-state index in [1.807, 2.05) is 72.8 Å². The Morgan fingerprint density at radius 2 is 1.71 bits per heavy atom. The van der Waals surface area contributed by atoms with Gasteiger partial charge in [-0.15, -0.1) is 0 Å². The lowest BCUT2D eigenvalue weighted by Crippen LogP contribution is -2.51. The Labute approximate surface area is 198 Å². The number of likely N-dealkylation sites (tertiary alicyclic amines) is 1. The van der Waals surface area contributed by atoms with Gasteiger partial charge < -0.3 is 14.8 Å². The summed E-state index contributed by atoms with van der Waals surface area (Å²) >= 11 is 0. The molecule has 0 spiro atoms. The fourth-order valence-corrected chi connectivity index (χ4v) is 4.26. The molecule has 4 rings (SSSR count). The largest absolute Gasteiger partial charge is 0.467 e. The van der Waals surface area contributed by atoms with Gasteiger partial charge in [0.1, 0.15) is 18.7 Å². The van der Waals surface area contributed by atoms with Gasteiger partial charge in [-0.05, 0) is 34.7 Å². The summed E-state index contributed by atoms with van der Waals surface area (Å²) in [6.07, 6.45) is 0.946. The van der Waals surface area contributed by atoms with E-state index >= 15 is 0 Å². The van der Waals surface area contributed by atoms with Gasteiger partial charge in [-0.3, -0.25) is 9.69 Å². The standard InChI is InChI=1S/C27H28N2O5/c1-33-26(31)23(17-20-13-14-21-10-5-6-11-22(21)16-20)28-25(30)24-12-7-15-29(24)27(32)34-18-19-8-3-2-4-9-19/h2-6,8-11,13-14,16,23-24H,7,12,15,17-18H2,1H3,(H,28,30)/t23-,24-/m1/s1. The number of fused-ring (bicyclic) bond motifs is 1. The molecule has 2 amide bonds. The van der Waals surface area contributed by atoms with Gasteiger partial charge in [0.15, 0.2) is 0 Å². The van der Waals surface area contributed by atoms with Crippen LogP contribution in [-0.2, 0) is 32.1 Å². The highest BCUT2D eigenvalue weighted by atomic mass is 16.6. The number of hydrogen-bond donors (Lipinski definition) is 1. The van der Waals surface area contributed by atoms with Crippen LogP contribution in [0.2, 0.25) is 0 Å². The molecule has 3 aromatic rings. The van der Waals surface area contributed by atoms with Crippen LogP contribution in [0.5, 0.6) is 0 Å². The van der Waals surface area contributed by atoms with Crippen LogP contribution < -0.4 is 5.32 Å². The molecule has 1 fully saturated rings. The molecule has 0 bridgehead atoms. The first-order valence-electron chi connectivity index (χ1n) is 11.4. The highest BCUT2D eigenvalue weighted by Gasteiger charge is 2.37. The van der Waals surface area contributed by atoms with Crippen LogP contribution in [0.1, 0.15) is 24.0 Å². The van der Waals surface area contributed by atoms with Crippen molar-refractivity contribution in [2.24, 2.45) is 0 Å². The van der Waals surface area contributed by atoms with E-state index in [9.17, 15) is 14.4 Å². The molecule has 3 aromatic carbocycles. The smallest absolute Gasteiger partial charge is 0.410 e. The van der Waals surface area contributed by atoms with Crippen molar-refractivity contribution < 1.29 is 23.9 Å². The maximum absolute atomic E-state index is 13.1. The summed E-state index contributed by atoms with van der Waals surface area (Å²) in [6, 6.07) is 21.7. The van der Waals surface area contributed by atoms with Crippen LogP contribution in [0.25, 0.3) is 10.8 Å². The molecule has 34 heavy (non-hydrogen) atoms. The van der Waals surface area contributed by atoms with E-state index in [2.05, 4.69) is 5.32 Å². The third kappa shape index (κ3) is 5.54. The normalized spacial score (nSPS) is 16.1. The van der Waals surface area contributed by atoms with Gasteiger partial charge in [0.2, 0.25) is 5.91 Å². The number of rotatable bonds is 7. The Bertz CT molecular complexity index is 1160. The summed E-state index contributed by atoms with van der Waals surface area (Å²) < 4.78 is 10.4. The Balaban J connectivity index is 1.41. The molecule has 0 aliphatic carbocycles. The molecule has 1 heterocycles. The number of benzene rings is 3. The second kappa shape index (κ2) is 10.8. The summed E-state index contributed by atoms with van der Waals surface area (Å²) in [7, 11) is 1.30. The number of carbonyl (C=O) groups is 3. The number of amides is 2. The highest BCUT2D eigenvalue weighted by Crippen LogP contribution is 2.21. The minimum Gasteiger partial charge on any atom is -0.467 e. The molecule has 1 aliphatic heterocycles. The van der Waals surface area contributed by atoms with E-state index in [1.54, 1.807) is 0 Å². The third-order valence-electron chi connectivity index (χ3n) is 6.05. The Kier molecular flexibility index (Phi) is 7.42. The monoisotopic (exact) mass is 460 g/mol. The predicted octanol–water partition coefficient (Wildman–Crippen LogP) is 3.84. The molecular formula is C27H28N2O5. The summed E-state index contributed by atoms with van der Waals surface area (Å²) in [5.74, 6) is -0.914. The molecule has 2 atom stereocenters. The van der Waals surface area contributed by atoms with E-state index < -0.39 is 24.1 Å². The molecule has 0 saturated carbocycles. The van der Waals surface area contributed by atoms with Crippen molar-refractivity contribution in [3.63, 3.8) is 0 Å². The van der Waals surface area contributed by atoms with Crippen molar-refractivity contribution in [2.75, 3.05) is 13.7 Å². The minimum absolute atomic E-state index is 0.136. The lowest BCUT2D eigenvalue weighted by atomic mass is 10.0. The van der Waals surface area contributed by atoms with Gasteiger partial charge in [-0.2, -0.15) is 0 Å². The fraction of sp³-hybridized carbons (Fsp3) is 0.296. The van der Waals surface area contributed by atoms with Gasteiger partial charge in [-0.1, -0.05) is 72.8 Å². The van der Waals surface area contributed by atoms with Gasteiger partial charge in [0.05, 0.1) is 7.11 Å². The maximum Gasteiger partial charge on any atom is 0.410 e. The fourth-order valence-electron chi connectivity index (χ4n) is 4.26. The van der Waals surface area contributed by atoms with E-state index in [1.165, 1.54) is 12.0 Å². The number of methoxy groups -OCH3 is 1. The highest BCUT2D eigenvalue weighted by molar-refractivity contribution is 5.90. The molecule has 7 heteroatoms. The van der Waals surface area contributed by atoms with Crippen LogP contribution in [0.15, 0.2) is 72.8 Å². The first-order valence-corrected chi connectivity index (χ1v) is 11.4. The zero-order valence-corrected chi connectivity index (χ0v) is 19.1. The summed E-state index contributed by atoms with van der Waals surface area (Å²) in [5, 5.41) is 4.95. The van der Waals surface area contributed by atoms with Crippen molar-refractivity contribution in [1.82, 2.24) is 10.2 Å². The van der Waals surface area contributed by atoms with Gasteiger partial charge in [0.25, 0.3) is 0 Å². The molecule has 0 unspecified atom stereocenters. The molecular weight excluding hydrogens is 432 g/mol. The number of carbonyl (C=O) groups excluding carboxylic acids is 3. The lowest BCUT2D eigenvalue weighted by molar-refractivity contribution is -0.145. The molecule has 0 radical (unpaired) electrons. The van der Waals surface area contributed by atoms with E-state index in [0.717, 1.165) is 21.9 Å². The Morgan fingerprint density at radius 1 is 0.971 bits per heavy atom. The Morgan fingerprint density at radius 3 is 2.47 bits per heavy atom. The maximum atomic E-state index is 13.1. The lowest BCUT2D eigenvalue weighted by Gasteiger charge is -2.25. The summed E-state index contributed by atoms with van der Waals surface area (Å²) in [4.78, 5) is 39.7. The van der Waals surface area contributed by atoms with E-state index in [4.69, 9.17) is 9.47 Å². The number of esters is 1. The van der Waals surface area contributed by atoms with Crippen LogP contribution in [0, 0.1) is 0 Å². The van der Waals surface area contributed by atoms with E-state index in [0.29, 0.717) is 19.4 Å². The quantitative estimate of drug-likeness (QED) is 0.542. The first kappa shape index (κ1) is 23.3. The van der Waals surface area contributed by atoms with E-state index in [-0.39, 0.29) is 18.9 Å². The Hall–Kier alpha value is -3.87. The molecule has 1 aliphatic rings. The first-order chi connectivity index (χ1) is 16.5. The SMILES string of the molecule is COC(=O)[C@@H](Cc1ccc2ccccc2c1)NC(=O)[C@H]1CCCN1C(=O)OCc1ccccc1. The second-order valence-corrected chi connectivity index (χ2v) is 8.36. The van der Waals surface area contributed by atoms with Crippen LogP contribution >= 0.6 is 0 Å². The van der Waals surface area contributed by atoms with Gasteiger partial charge >= 0.3 is 12.1 Å². The number of ether oxygens (including phenoxy) is 2. The summed E-state index contributed by atoms with van der Waals surface area (Å²) in [6.45, 7) is 0.566. The van der Waals surface area contributed by atoms with Crippen molar-refractivity contribution in [1.29, 1.82) is 0 Å². The predicted molar refractivity (Wildman–Crippen MR) is 128 cm³/mol. The van der Waals surface area contributed by atoms with Crippen LogP contribution in [0.3, 0.4) is 0 Å². The van der Waals surface area contributed by atoms with Crippen LogP contribution in [-0.4, -0.2) is 48.6 Å². The van der Waals surface area contributed by atoms with Gasteiger partial charge in [-0.25, -0.2) is 9.59 Å². The minimum atomic E-state index is -0.860. The zero-order chi connectivity index (χ0) is 23.9.